The Kier molecular flexibility index (Phi) is 10.9. The average Bonchev–Trinajstić information content (AvgIpc) is 3.40. The highest BCUT2D eigenvalue weighted by atomic mass is 35.5. The molecule has 0 saturated carbocycles. The van der Waals surface area contributed by atoms with Gasteiger partial charge in [0.1, 0.15) is 25.1 Å². The van der Waals surface area contributed by atoms with Gasteiger partial charge in [0.25, 0.3) is 0 Å². The number of carbonyl (C=O) groups is 2. The van der Waals surface area contributed by atoms with Crippen molar-refractivity contribution in [2.45, 2.75) is 51.4 Å². The molecule has 0 spiro atoms. The Balaban J connectivity index is 1.34. The molecule has 1 heterocycles. The molecular weight excluding hydrogens is 702 g/mol. The molecule has 11 heteroatoms. The zero-order chi connectivity index (χ0) is 36.1. The number of halogens is 5. The molecule has 2 atom stereocenters. The standard InChI is InChI=1S/C40H32Cl2F3NO5/c1-25-38(29-5-3-2-4-6-29)51-39(48)46(25)22-30-21-31(40(43,44)45)12-17-34(30)35-19-28(20-37(47)50-24-27-9-15-33(42)16-10-27)11-18-36(35)49-23-26-7-13-32(41)14-8-26/h2-19,21,25,38H,20,22-24H2,1H3/t25-,38-/m0/s1. The van der Waals surface area contributed by atoms with Crippen molar-refractivity contribution in [3.8, 4) is 16.9 Å². The Morgan fingerprint density at radius 2 is 1.41 bits per heavy atom. The first-order valence-electron chi connectivity index (χ1n) is 16.1. The van der Waals surface area contributed by atoms with E-state index in [1.807, 2.05) is 30.3 Å². The van der Waals surface area contributed by atoms with Gasteiger partial charge in [0.15, 0.2) is 0 Å². The van der Waals surface area contributed by atoms with Gasteiger partial charge in [-0.05, 0) is 88.8 Å². The van der Waals surface area contributed by atoms with Crippen LogP contribution in [0.1, 0.15) is 46.4 Å². The lowest BCUT2D eigenvalue weighted by Gasteiger charge is -2.24. The summed E-state index contributed by atoms with van der Waals surface area (Å²) in [7, 11) is 0. The number of ether oxygens (including phenoxy) is 3. The highest BCUT2D eigenvalue weighted by molar-refractivity contribution is 6.30. The summed E-state index contributed by atoms with van der Waals surface area (Å²) in [5.41, 5.74) is 3.09. The molecule has 5 aromatic rings. The zero-order valence-corrected chi connectivity index (χ0v) is 28.8. The second-order valence-electron chi connectivity index (χ2n) is 12.2. The van der Waals surface area contributed by atoms with Crippen molar-refractivity contribution in [1.29, 1.82) is 0 Å². The minimum atomic E-state index is -4.64. The first kappa shape index (κ1) is 35.8. The fraction of sp³-hybridized carbons (Fsp3) is 0.200. The molecule has 0 bridgehead atoms. The summed E-state index contributed by atoms with van der Waals surface area (Å²) < 4.78 is 59.7. The summed E-state index contributed by atoms with van der Waals surface area (Å²) in [5.74, 6) is -0.137. The molecule has 0 aromatic heterocycles. The number of esters is 1. The number of amides is 1. The number of hydrogen-bond acceptors (Lipinski definition) is 5. The van der Waals surface area contributed by atoms with E-state index < -0.39 is 35.9 Å². The van der Waals surface area contributed by atoms with Crippen LogP contribution < -0.4 is 4.74 Å². The highest BCUT2D eigenvalue weighted by Crippen LogP contribution is 2.40. The minimum absolute atomic E-state index is 0.0439. The van der Waals surface area contributed by atoms with Crippen molar-refractivity contribution >= 4 is 35.3 Å². The van der Waals surface area contributed by atoms with Crippen LogP contribution in [-0.2, 0) is 46.6 Å². The molecule has 1 aliphatic heterocycles. The summed E-state index contributed by atoms with van der Waals surface area (Å²) in [6.07, 6.45) is -5.99. The SMILES string of the molecule is C[C@H]1[C@@H](c2ccccc2)OC(=O)N1Cc1cc(C(F)(F)F)ccc1-c1cc(CC(=O)OCc2ccc(Cl)cc2)ccc1OCc1ccc(Cl)cc1. The summed E-state index contributed by atoms with van der Waals surface area (Å²) in [4.78, 5) is 27.5. The van der Waals surface area contributed by atoms with Gasteiger partial charge in [0, 0.05) is 15.6 Å². The van der Waals surface area contributed by atoms with Crippen molar-refractivity contribution in [3.05, 3.63) is 159 Å². The zero-order valence-electron chi connectivity index (χ0n) is 27.3. The maximum absolute atomic E-state index is 14.1. The van der Waals surface area contributed by atoms with Gasteiger partial charge in [-0.3, -0.25) is 9.69 Å². The molecule has 0 aliphatic carbocycles. The lowest BCUT2D eigenvalue weighted by molar-refractivity contribution is -0.144. The molecular formula is C40H32Cl2F3NO5. The van der Waals surface area contributed by atoms with E-state index in [0.717, 1.165) is 28.8 Å². The van der Waals surface area contributed by atoms with E-state index in [-0.39, 0.29) is 31.7 Å². The number of hydrogen-bond donors (Lipinski definition) is 0. The van der Waals surface area contributed by atoms with Gasteiger partial charge in [0.2, 0.25) is 0 Å². The molecule has 6 rings (SSSR count). The maximum atomic E-state index is 14.1. The average molecular weight is 735 g/mol. The van der Waals surface area contributed by atoms with Crippen LogP contribution in [0.3, 0.4) is 0 Å². The van der Waals surface area contributed by atoms with E-state index in [1.54, 1.807) is 73.7 Å². The quantitative estimate of drug-likeness (QED) is 0.126. The maximum Gasteiger partial charge on any atom is 0.416 e. The number of nitrogens with zero attached hydrogens (tertiary/aromatic N) is 1. The van der Waals surface area contributed by atoms with Gasteiger partial charge in [-0.15, -0.1) is 0 Å². The second kappa shape index (κ2) is 15.5. The fourth-order valence-electron chi connectivity index (χ4n) is 5.88. The second-order valence-corrected chi connectivity index (χ2v) is 13.0. The van der Waals surface area contributed by atoms with E-state index in [4.69, 9.17) is 37.4 Å². The molecule has 5 aromatic carbocycles. The van der Waals surface area contributed by atoms with Crippen LogP contribution in [0, 0.1) is 0 Å². The Hall–Kier alpha value is -4.99. The number of alkyl halides is 3. The number of benzene rings is 5. The first-order valence-corrected chi connectivity index (χ1v) is 16.8. The Morgan fingerprint density at radius 3 is 2.06 bits per heavy atom. The number of rotatable bonds is 11. The third-order valence-electron chi connectivity index (χ3n) is 8.60. The van der Waals surface area contributed by atoms with Crippen LogP contribution in [0.4, 0.5) is 18.0 Å². The molecule has 1 aliphatic rings. The number of carbonyl (C=O) groups excluding carboxylic acids is 2. The van der Waals surface area contributed by atoms with Gasteiger partial charge in [-0.2, -0.15) is 13.2 Å². The smallest absolute Gasteiger partial charge is 0.416 e. The number of cyclic esters (lactones) is 1. The fourth-order valence-corrected chi connectivity index (χ4v) is 6.13. The van der Waals surface area contributed by atoms with Crippen LogP contribution in [-0.4, -0.2) is 23.0 Å². The van der Waals surface area contributed by atoms with E-state index in [9.17, 15) is 22.8 Å². The molecule has 1 amide bonds. The van der Waals surface area contributed by atoms with Crippen LogP contribution >= 0.6 is 23.2 Å². The van der Waals surface area contributed by atoms with Crippen molar-refractivity contribution in [2.75, 3.05) is 0 Å². The van der Waals surface area contributed by atoms with Crippen molar-refractivity contribution in [2.24, 2.45) is 0 Å². The third-order valence-corrected chi connectivity index (χ3v) is 9.10. The van der Waals surface area contributed by atoms with Gasteiger partial charge >= 0.3 is 18.2 Å². The lowest BCUT2D eigenvalue weighted by Crippen LogP contribution is -2.31. The van der Waals surface area contributed by atoms with Crippen LogP contribution in [0.25, 0.3) is 11.1 Å². The minimum Gasteiger partial charge on any atom is -0.488 e. The van der Waals surface area contributed by atoms with Gasteiger partial charge in [-0.1, -0.05) is 89.9 Å². The molecule has 0 N–H and O–H groups in total. The Labute approximate surface area is 303 Å². The Bertz CT molecular complexity index is 2000. The molecule has 1 saturated heterocycles. The predicted octanol–water partition coefficient (Wildman–Crippen LogP) is 10.6. The van der Waals surface area contributed by atoms with Crippen LogP contribution in [0.15, 0.2) is 115 Å². The van der Waals surface area contributed by atoms with Crippen molar-refractivity contribution in [1.82, 2.24) is 4.90 Å². The molecule has 0 unspecified atom stereocenters. The predicted molar refractivity (Wildman–Crippen MR) is 188 cm³/mol. The van der Waals surface area contributed by atoms with E-state index >= 15 is 0 Å². The highest BCUT2D eigenvalue weighted by Gasteiger charge is 2.40. The lowest BCUT2D eigenvalue weighted by atomic mass is 9.93. The van der Waals surface area contributed by atoms with Crippen molar-refractivity contribution in [3.63, 3.8) is 0 Å². The first-order chi connectivity index (χ1) is 24.4. The summed E-state index contributed by atoms with van der Waals surface area (Å²) in [6.45, 7) is 1.80. The molecule has 6 nitrogen and oxygen atoms in total. The van der Waals surface area contributed by atoms with Crippen LogP contribution in [0.5, 0.6) is 5.75 Å². The summed E-state index contributed by atoms with van der Waals surface area (Å²) in [6, 6.07) is 31.2. The monoisotopic (exact) mass is 733 g/mol. The Morgan fingerprint density at radius 1 is 0.784 bits per heavy atom. The molecule has 1 fully saturated rings. The summed E-state index contributed by atoms with van der Waals surface area (Å²) >= 11 is 12.0. The van der Waals surface area contributed by atoms with Gasteiger partial charge in [0.05, 0.1) is 24.6 Å². The van der Waals surface area contributed by atoms with E-state index in [0.29, 0.717) is 32.5 Å². The molecule has 0 radical (unpaired) electrons. The van der Waals surface area contributed by atoms with Gasteiger partial charge < -0.3 is 14.2 Å². The van der Waals surface area contributed by atoms with E-state index in [2.05, 4.69) is 0 Å². The largest absolute Gasteiger partial charge is 0.488 e. The van der Waals surface area contributed by atoms with Crippen molar-refractivity contribution < 1.29 is 37.0 Å². The third kappa shape index (κ3) is 8.85. The molecule has 51 heavy (non-hydrogen) atoms. The summed E-state index contributed by atoms with van der Waals surface area (Å²) in [5, 5.41) is 1.12. The van der Waals surface area contributed by atoms with Gasteiger partial charge in [-0.25, -0.2) is 4.79 Å². The normalized spacial score (nSPS) is 15.8. The van der Waals surface area contributed by atoms with E-state index in [1.165, 1.54) is 11.0 Å². The molecule has 262 valence electrons. The van der Waals surface area contributed by atoms with Crippen LogP contribution in [0.2, 0.25) is 10.0 Å². The topological polar surface area (TPSA) is 65.1 Å².